The molecule has 0 heterocycles. The molecule has 2 aliphatic rings. The molecule has 0 aromatic heterocycles. The summed E-state index contributed by atoms with van der Waals surface area (Å²) in [7, 11) is 0. The zero-order valence-electron chi connectivity index (χ0n) is 18.9. The Morgan fingerprint density at radius 1 is 0.680 bits per heavy atom. The lowest BCUT2D eigenvalue weighted by Crippen LogP contribution is -2.67. The van der Waals surface area contributed by atoms with Gasteiger partial charge in [0.2, 0.25) is 0 Å². The molecule has 2 bridgehead atoms. The molecular weight excluding hydrogens is 308 g/mol. The summed E-state index contributed by atoms with van der Waals surface area (Å²) < 4.78 is 6.43. The number of hydrogen-bond acceptors (Lipinski definition) is 2. The van der Waals surface area contributed by atoms with Gasteiger partial charge in [0, 0.05) is 16.4 Å². The van der Waals surface area contributed by atoms with Crippen LogP contribution in [0.25, 0.3) is 0 Å². The first-order valence-electron chi connectivity index (χ1n) is 9.73. The minimum Gasteiger partial charge on any atom is -0.455 e. The van der Waals surface area contributed by atoms with Crippen LogP contribution >= 0.6 is 0 Å². The maximum atomic E-state index is 12.8. The van der Waals surface area contributed by atoms with Crippen molar-refractivity contribution in [2.24, 2.45) is 32.5 Å². The first-order valence-corrected chi connectivity index (χ1v) is 9.73. The minimum absolute atomic E-state index is 0.00408. The quantitative estimate of drug-likeness (QED) is 0.426. The first-order chi connectivity index (χ1) is 10.9. The predicted octanol–water partition coefficient (Wildman–Crippen LogP) is 6.40. The van der Waals surface area contributed by atoms with Gasteiger partial charge in [-0.1, -0.05) is 75.3 Å². The van der Waals surface area contributed by atoms with E-state index in [2.05, 4.69) is 76.2 Å². The molecule has 0 aromatic rings. The van der Waals surface area contributed by atoms with Crippen molar-refractivity contribution in [1.82, 2.24) is 0 Å². The van der Waals surface area contributed by atoms with Crippen molar-refractivity contribution < 1.29 is 9.53 Å². The van der Waals surface area contributed by atoms with Crippen LogP contribution < -0.4 is 0 Å². The standard InChI is InChI=1S/C23H40O2/c1-14-15(2)16(24)25-23(13)20(9,10)21(11)17(3,4)18(5,6)22(23,12)19(21,7)8/h14H,1-13H3/b15-14+. The van der Waals surface area contributed by atoms with Crippen LogP contribution in [0.15, 0.2) is 11.6 Å². The van der Waals surface area contributed by atoms with Crippen LogP contribution in [-0.4, -0.2) is 11.6 Å². The van der Waals surface area contributed by atoms with Crippen molar-refractivity contribution in [2.45, 2.75) is 95.6 Å². The van der Waals surface area contributed by atoms with E-state index in [1.165, 1.54) is 0 Å². The van der Waals surface area contributed by atoms with Crippen molar-refractivity contribution in [3.8, 4) is 0 Å². The maximum absolute atomic E-state index is 12.8. The number of rotatable bonds is 2. The van der Waals surface area contributed by atoms with E-state index in [0.717, 1.165) is 0 Å². The van der Waals surface area contributed by atoms with Crippen LogP contribution in [0.1, 0.15) is 90.0 Å². The predicted molar refractivity (Wildman–Crippen MR) is 105 cm³/mol. The molecular formula is C23H40O2. The average molecular weight is 349 g/mol. The number of hydrogen-bond donors (Lipinski definition) is 0. The molecule has 144 valence electrons. The molecule has 0 amide bonds. The molecule has 0 spiro atoms. The first kappa shape index (κ1) is 20.5. The van der Waals surface area contributed by atoms with E-state index in [4.69, 9.17) is 4.74 Å². The summed E-state index contributed by atoms with van der Waals surface area (Å²) in [5, 5.41) is 0. The Balaban J connectivity index is 2.85. The van der Waals surface area contributed by atoms with Crippen LogP contribution in [0.4, 0.5) is 0 Å². The number of allylic oxidation sites excluding steroid dienone is 1. The Hall–Kier alpha value is -0.790. The molecule has 0 radical (unpaired) electrons. The van der Waals surface area contributed by atoms with Gasteiger partial charge >= 0.3 is 5.97 Å². The van der Waals surface area contributed by atoms with Gasteiger partial charge in [0.25, 0.3) is 0 Å². The van der Waals surface area contributed by atoms with Crippen molar-refractivity contribution in [3.63, 3.8) is 0 Å². The zero-order valence-corrected chi connectivity index (χ0v) is 18.9. The number of esters is 1. The smallest absolute Gasteiger partial charge is 0.333 e. The molecule has 3 unspecified atom stereocenters. The van der Waals surface area contributed by atoms with E-state index in [-0.39, 0.29) is 38.5 Å². The molecule has 25 heavy (non-hydrogen) atoms. The molecule has 0 aromatic carbocycles. The second-order valence-electron chi connectivity index (χ2n) is 11.1. The summed E-state index contributed by atoms with van der Waals surface area (Å²) in [5.41, 5.74) is -0.0867. The molecule has 0 N–H and O–H groups in total. The SMILES string of the molecule is C/C=C(\C)C(=O)OC1(C)C(C)(C)C2(C)C(C)(C)C(C)(C)C1(C)C2(C)C. The average Bonchev–Trinajstić information content (AvgIpc) is 2.59. The third-order valence-corrected chi connectivity index (χ3v) is 11.0. The molecule has 0 saturated heterocycles. The lowest BCUT2D eigenvalue weighted by Gasteiger charge is -2.66. The number of carbonyl (C=O) groups excluding carboxylic acids is 1. The Bertz CT molecular complexity index is 649. The van der Waals surface area contributed by atoms with E-state index in [0.29, 0.717) is 5.57 Å². The lowest BCUT2D eigenvalue weighted by molar-refractivity contribution is -0.253. The van der Waals surface area contributed by atoms with Crippen molar-refractivity contribution in [1.29, 1.82) is 0 Å². The highest BCUT2D eigenvalue weighted by Crippen LogP contribution is 2.92. The van der Waals surface area contributed by atoms with Gasteiger partial charge in [-0.15, -0.1) is 0 Å². The summed E-state index contributed by atoms with van der Waals surface area (Å²) in [6, 6.07) is 0. The second-order valence-corrected chi connectivity index (χ2v) is 11.1. The topological polar surface area (TPSA) is 26.3 Å². The van der Waals surface area contributed by atoms with Gasteiger partial charge in [-0.05, 0) is 42.4 Å². The molecule has 2 heteroatoms. The third kappa shape index (κ3) is 1.54. The summed E-state index contributed by atoms with van der Waals surface area (Å²) in [6.07, 6.45) is 1.84. The summed E-state index contributed by atoms with van der Waals surface area (Å²) in [4.78, 5) is 12.8. The number of carbonyl (C=O) groups is 1. The fourth-order valence-electron chi connectivity index (χ4n) is 7.78. The molecule has 0 aliphatic heterocycles. The number of ether oxygens (including phenoxy) is 1. The Morgan fingerprint density at radius 2 is 1.08 bits per heavy atom. The highest BCUT2D eigenvalue weighted by Gasteiger charge is 2.91. The fourth-order valence-corrected chi connectivity index (χ4v) is 7.78. The highest BCUT2D eigenvalue weighted by molar-refractivity contribution is 5.88. The molecule has 2 rings (SSSR count). The van der Waals surface area contributed by atoms with Crippen LogP contribution in [0.5, 0.6) is 0 Å². The lowest BCUT2D eigenvalue weighted by atomic mass is 9.40. The van der Waals surface area contributed by atoms with E-state index in [1.807, 2.05) is 19.9 Å². The van der Waals surface area contributed by atoms with Gasteiger partial charge in [-0.2, -0.15) is 0 Å². The Morgan fingerprint density at radius 3 is 1.44 bits per heavy atom. The monoisotopic (exact) mass is 348 g/mol. The largest absolute Gasteiger partial charge is 0.455 e. The molecule has 2 nitrogen and oxygen atoms in total. The van der Waals surface area contributed by atoms with E-state index >= 15 is 0 Å². The van der Waals surface area contributed by atoms with Crippen molar-refractivity contribution in [3.05, 3.63) is 11.6 Å². The summed E-state index contributed by atoms with van der Waals surface area (Å²) >= 11 is 0. The van der Waals surface area contributed by atoms with Gasteiger partial charge in [0.15, 0.2) is 0 Å². The highest BCUT2D eigenvalue weighted by atomic mass is 16.6. The van der Waals surface area contributed by atoms with Crippen LogP contribution in [0.2, 0.25) is 0 Å². The van der Waals surface area contributed by atoms with Gasteiger partial charge in [0.05, 0.1) is 0 Å². The van der Waals surface area contributed by atoms with Crippen LogP contribution in [0.3, 0.4) is 0 Å². The minimum atomic E-state index is -0.557. The normalized spacial score (nSPS) is 43.2. The van der Waals surface area contributed by atoms with Gasteiger partial charge in [0.1, 0.15) is 5.60 Å². The maximum Gasteiger partial charge on any atom is 0.333 e. The van der Waals surface area contributed by atoms with Crippen molar-refractivity contribution >= 4 is 5.97 Å². The van der Waals surface area contributed by atoms with Gasteiger partial charge in [-0.3, -0.25) is 0 Å². The second kappa shape index (κ2) is 4.73. The van der Waals surface area contributed by atoms with E-state index in [1.54, 1.807) is 0 Å². The molecule has 2 fully saturated rings. The van der Waals surface area contributed by atoms with Crippen LogP contribution in [-0.2, 0) is 9.53 Å². The van der Waals surface area contributed by atoms with Gasteiger partial charge < -0.3 is 4.74 Å². The molecule has 2 saturated carbocycles. The summed E-state index contributed by atoms with van der Waals surface area (Å²) in [6.45, 7) is 29.7. The van der Waals surface area contributed by atoms with Crippen LogP contribution in [0, 0.1) is 32.5 Å². The molecule has 3 atom stereocenters. The Labute approximate surface area is 155 Å². The van der Waals surface area contributed by atoms with Gasteiger partial charge in [-0.25, -0.2) is 4.79 Å². The zero-order chi connectivity index (χ0) is 20.1. The summed E-state index contributed by atoms with van der Waals surface area (Å²) in [5.74, 6) is -0.181. The molecule has 2 aliphatic carbocycles. The van der Waals surface area contributed by atoms with E-state index in [9.17, 15) is 4.79 Å². The Kier molecular flexibility index (Phi) is 3.88. The van der Waals surface area contributed by atoms with Crippen molar-refractivity contribution in [2.75, 3.05) is 0 Å². The number of fused-ring (bicyclic) bond motifs is 2. The fraction of sp³-hybridized carbons (Fsp3) is 0.870. The third-order valence-electron chi connectivity index (χ3n) is 11.0. The van der Waals surface area contributed by atoms with E-state index < -0.39 is 5.60 Å².